The molecule has 1 heterocycles. The fraction of sp³-hybridized carbons (Fsp3) is 0.0909. The maximum Gasteiger partial charge on any atom is 0.229 e. The summed E-state index contributed by atoms with van der Waals surface area (Å²) in [4.78, 5) is 12.7. The molecule has 0 atom stereocenters. The third-order valence-electron chi connectivity index (χ3n) is 4.40. The number of hydrogen-bond donors (Lipinski definition) is 1. The molecular formula is C22H18FN3O. The van der Waals surface area contributed by atoms with Crippen LogP contribution in [-0.2, 0) is 11.2 Å². The highest BCUT2D eigenvalue weighted by Crippen LogP contribution is 2.21. The second-order valence-corrected chi connectivity index (χ2v) is 6.42. The number of fused-ring (bicyclic) bond motifs is 1. The van der Waals surface area contributed by atoms with Crippen molar-refractivity contribution in [3.63, 3.8) is 0 Å². The first kappa shape index (κ1) is 17.0. The lowest BCUT2D eigenvalue weighted by molar-refractivity contribution is -0.115. The minimum atomic E-state index is -0.316. The Kier molecular flexibility index (Phi) is 4.42. The average Bonchev–Trinajstić information content (AvgIpc) is 3.02. The van der Waals surface area contributed by atoms with Crippen LogP contribution in [0.3, 0.4) is 0 Å². The predicted molar refractivity (Wildman–Crippen MR) is 105 cm³/mol. The van der Waals surface area contributed by atoms with Gasteiger partial charge in [-0.3, -0.25) is 4.79 Å². The maximum absolute atomic E-state index is 13.2. The van der Waals surface area contributed by atoms with Gasteiger partial charge in [-0.05, 0) is 47.5 Å². The number of halogens is 1. The van der Waals surface area contributed by atoms with Crippen LogP contribution < -0.4 is 5.32 Å². The normalized spacial score (nSPS) is 10.9. The fourth-order valence-corrected chi connectivity index (χ4v) is 3.17. The predicted octanol–water partition coefficient (Wildman–Crippen LogP) is 4.65. The van der Waals surface area contributed by atoms with E-state index in [4.69, 9.17) is 0 Å². The summed E-state index contributed by atoms with van der Waals surface area (Å²) >= 11 is 0. The van der Waals surface area contributed by atoms with Crippen molar-refractivity contribution >= 4 is 22.5 Å². The van der Waals surface area contributed by atoms with Crippen molar-refractivity contribution in [1.29, 1.82) is 0 Å². The molecule has 0 spiro atoms. The van der Waals surface area contributed by atoms with Crippen LogP contribution in [0.25, 0.3) is 16.5 Å². The Balaban J connectivity index is 1.59. The molecule has 0 aliphatic heterocycles. The van der Waals surface area contributed by atoms with Gasteiger partial charge in [0.1, 0.15) is 11.6 Å². The van der Waals surface area contributed by atoms with E-state index in [1.54, 1.807) is 22.9 Å². The standard InChI is InChI=1S/C22H18FN3O/c1-15-13-21(26(25-15)19-11-9-18(23)10-12-19)24-22(27)14-17-7-4-6-16-5-2-3-8-20(16)17/h2-13H,14H2,1H3,(H,24,27). The quantitative estimate of drug-likeness (QED) is 0.576. The molecule has 3 aromatic carbocycles. The first-order valence-corrected chi connectivity index (χ1v) is 8.69. The third kappa shape index (κ3) is 3.58. The molecule has 4 aromatic rings. The van der Waals surface area contributed by atoms with Crippen LogP contribution >= 0.6 is 0 Å². The molecule has 0 saturated carbocycles. The molecule has 134 valence electrons. The molecule has 0 aliphatic carbocycles. The number of nitrogens with zero attached hydrogens (tertiary/aromatic N) is 2. The first-order chi connectivity index (χ1) is 13.1. The van der Waals surface area contributed by atoms with Gasteiger partial charge in [0.15, 0.2) is 0 Å². The lowest BCUT2D eigenvalue weighted by Gasteiger charge is -2.10. The molecule has 4 rings (SSSR count). The van der Waals surface area contributed by atoms with Crippen molar-refractivity contribution in [2.24, 2.45) is 0 Å². The van der Waals surface area contributed by atoms with Gasteiger partial charge in [-0.1, -0.05) is 42.5 Å². The number of anilines is 1. The molecule has 1 aromatic heterocycles. The highest BCUT2D eigenvalue weighted by atomic mass is 19.1. The van der Waals surface area contributed by atoms with Crippen molar-refractivity contribution < 1.29 is 9.18 Å². The van der Waals surface area contributed by atoms with Crippen molar-refractivity contribution in [3.8, 4) is 5.69 Å². The number of aromatic nitrogens is 2. The second-order valence-electron chi connectivity index (χ2n) is 6.42. The molecule has 5 heteroatoms. The molecule has 0 fully saturated rings. The molecule has 4 nitrogen and oxygen atoms in total. The third-order valence-corrected chi connectivity index (χ3v) is 4.40. The molecule has 0 aliphatic rings. The van der Waals surface area contributed by atoms with E-state index in [9.17, 15) is 9.18 Å². The monoisotopic (exact) mass is 359 g/mol. The summed E-state index contributed by atoms with van der Waals surface area (Å²) in [5.74, 6) is 0.114. The summed E-state index contributed by atoms with van der Waals surface area (Å²) in [7, 11) is 0. The van der Waals surface area contributed by atoms with Gasteiger partial charge in [0.2, 0.25) is 5.91 Å². The van der Waals surface area contributed by atoms with Gasteiger partial charge in [0.25, 0.3) is 0 Å². The summed E-state index contributed by atoms with van der Waals surface area (Å²) in [5, 5.41) is 9.50. The fourth-order valence-electron chi connectivity index (χ4n) is 3.17. The smallest absolute Gasteiger partial charge is 0.229 e. The first-order valence-electron chi connectivity index (χ1n) is 8.69. The van der Waals surface area contributed by atoms with Crippen LogP contribution in [0.1, 0.15) is 11.3 Å². The highest BCUT2D eigenvalue weighted by Gasteiger charge is 2.12. The Morgan fingerprint density at radius 1 is 1.04 bits per heavy atom. The molecule has 0 saturated heterocycles. The number of carbonyl (C=O) groups excluding carboxylic acids is 1. The zero-order valence-electron chi connectivity index (χ0n) is 14.8. The number of aryl methyl sites for hydroxylation is 1. The van der Waals surface area contributed by atoms with Gasteiger partial charge in [0, 0.05) is 6.07 Å². The van der Waals surface area contributed by atoms with Crippen LogP contribution in [0.4, 0.5) is 10.2 Å². The molecule has 1 amide bonds. The van der Waals surface area contributed by atoms with E-state index in [0.29, 0.717) is 11.5 Å². The minimum absolute atomic E-state index is 0.130. The van der Waals surface area contributed by atoms with Gasteiger partial charge >= 0.3 is 0 Å². The van der Waals surface area contributed by atoms with Crippen LogP contribution in [-0.4, -0.2) is 15.7 Å². The zero-order valence-corrected chi connectivity index (χ0v) is 14.8. The van der Waals surface area contributed by atoms with Gasteiger partial charge in [-0.2, -0.15) is 5.10 Å². The lowest BCUT2D eigenvalue weighted by atomic mass is 10.0. The van der Waals surface area contributed by atoms with Crippen molar-refractivity contribution in [3.05, 3.63) is 89.9 Å². The Labute approximate surface area is 156 Å². The Bertz CT molecular complexity index is 1110. The largest absolute Gasteiger partial charge is 0.310 e. The number of benzene rings is 3. The van der Waals surface area contributed by atoms with Gasteiger partial charge in [0.05, 0.1) is 17.8 Å². The minimum Gasteiger partial charge on any atom is -0.310 e. The van der Waals surface area contributed by atoms with Crippen LogP contribution in [0.2, 0.25) is 0 Å². The van der Waals surface area contributed by atoms with E-state index < -0.39 is 0 Å². The van der Waals surface area contributed by atoms with Crippen LogP contribution in [0.5, 0.6) is 0 Å². The lowest BCUT2D eigenvalue weighted by Crippen LogP contribution is -2.17. The van der Waals surface area contributed by atoms with E-state index in [-0.39, 0.29) is 18.1 Å². The second kappa shape index (κ2) is 7.03. The zero-order chi connectivity index (χ0) is 18.8. The molecule has 27 heavy (non-hydrogen) atoms. The number of amides is 1. The van der Waals surface area contributed by atoms with E-state index in [0.717, 1.165) is 22.0 Å². The Hall–Kier alpha value is -3.47. The molecule has 0 radical (unpaired) electrons. The number of rotatable bonds is 4. The summed E-state index contributed by atoms with van der Waals surface area (Å²) in [6.07, 6.45) is 0.259. The van der Waals surface area contributed by atoms with Crippen molar-refractivity contribution in [1.82, 2.24) is 9.78 Å². The van der Waals surface area contributed by atoms with Crippen molar-refractivity contribution in [2.45, 2.75) is 13.3 Å². The molecule has 0 bridgehead atoms. The van der Waals surface area contributed by atoms with E-state index in [1.165, 1.54) is 12.1 Å². The van der Waals surface area contributed by atoms with Gasteiger partial charge in [-0.15, -0.1) is 0 Å². The van der Waals surface area contributed by atoms with E-state index in [1.807, 2.05) is 49.4 Å². The van der Waals surface area contributed by atoms with Crippen LogP contribution in [0, 0.1) is 12.7 Å². The SMILES string of the molecule is Cc1cc(NC(=O)Cc2cccc3ccccc23)n(-c2ccc(F)cc2)n1. The number of nitrogens with one attached hydrogen (secondary N) is 1. The maximum atomic E-state index is 13.2. The van der Waals surface area contributed by atoms with Gasteiger partial charge in [-0.25, -0.2) is 9.07 Å². The highest BCUT2D eigenvalue weighted by molar-refractivity contribution is 5.95. The van der Waals surface area contributed by atoms with Gasteiger partial charge < -0.3 is 5.32 Å². The Morgan fingerprint density at radius 2 is 1.78 bits per heavy atom. The van der Waals surface area contributed by atoms with Crippen LogP contribution in [0.15, 0.2) is 72.8 Å². The Morgan fingerprint density at radius 3 is 2.59 bits per heavy atom. The average molecular weight is 359 g/mol. The summed E-state index contributed by atoms with van der Waals surface area (Å²) < 4.78 is 14.8. The van der Waals surface area contributed by atoms with Crippen molar-refractivity contribution in [2.75, 3.05) is 5.32 Å². The number of carbonyl (C=O) groups is 1. The summed E-state index contributed by atoms with van der Waals surface area (Å²) in [6.45, 7) is 1.85. The summed E-state index contributed by atoms with van der Waals surface area (Å²) in [5.41, 5.74) is 2.42. The van der Waals surface area contributed by atoms with E-state index >= 15 is 0 Å². The molecule has 0 unspecified atom stereocenters. The number of hydrogen-bond acceptors (Lipinski definition) is 2. The topological polar surface area (TPSA) is 46.9 Å². The summed E-state index contributed by atoms with van der Waals surface area (Å²) in [6, 6.07) is 21.7. The van der Waals surface area contributed by atoms with E-state index in [2.05, 4.69) is 10.4 Å². The molecular weight excluding hydrogens is 341 g/mol. The molecule has 1 N–H and O–H groups in total.